The monoisotopic (exact) mass is 471 g/mol. The molecular weight excluding hydrogens is 450 g/mol. The van der Waals surface area contributed by atoms with Gasteiger partial charge < -0.3 is 14.7 Å². The summed E-state index contributed by atoms with van der Waals surface area (Å²) in [5.41, 5.74) is -0.926. The maximum Gasteiger partial charge on any atom is 0.343 e. The third-order valence-corrected chi connectivity index (χ3v) is 5.57. The fraction of sp³-hybridized carbons (Fsp3) is 0.261. The molecule has 30 heavy (non-hydrogen) atoms. The molecule has 2 aromatic rings. The van der Waals surface area contributed by atoms with Crippen molar-refractivity contribution in [3.8, 4) is 0 Å². The quantitative estimate of drug-likeness (QED) is 0.377. The topological polar surface area (TPSA) is 83.9 Å². The van der Waals surface area contributed by atoms with Gasteiger partial charge in [-0.25, -0.2) is 4.79 Å². The second-order valence-electron chi connectivity index (χ2n) is 7.01. The summed E-state index contributed by atoms with van der Waals surface area (Å²) in [5.74, 6) is -2.03. The van der Waals surface area contributed by atoms with E-state index >= 15 is 0 Å². The second kappa shape index (κ2) is 8.93. The molecule has 0 fully saturated rings. The number of nitrogens with zero attached hydrogens (tertiary/aromatic N) is 1. The molecule has 0 bridgehead atoms. The average molecular weight is 472 g/mol. The number of benzene rings is 2. The lowest BCUT2D eigenvalue weighted by atomic mass is 9.95. The van der Waals surface area contributed by atoms with Crippen molar-refractivity contribution in [1.29, 1.82) is 0 Å². The molecule has 6 nitrogen and oxygen atoms in total. The van der Waals surface area contributed by atoms with Crippen molar-refractivity contribution >= 4 is 33.5 Å². The largest absolute Gasteiger partial charge is 0.462 e. The maximum absolute atomic E-state index is 13.2. The number of rotatable bonds is 7. The SMILES string of the molecule is CCOC(=O)C1=C(C)N(Cc2ccccc2)[C@](O)(CC(=O)c2ccc(Br)cc2)C1=O. The Morgan fingerprint density at radius 2 is 1.73 bits per heavy atom. The second-order valence-corrected chi connectivity index (χ2v) is 7.92. The van der Waals surface area contributed by atoms with Crippen LogP contribution in [-0.2, 0) is 20.9 Å². The number of carbonyl (C=O) groups excluding carboxylic acids is 3. The van der Waals surface area contributed by atoms with Crippen molar-refractivity contribution in [3.63, 3.8) is 0 Å². The number of allylic oxidation sites excluding steroid dienone is 1. The van der Waals surface area contributed by atoms with Crippen LogP contribution < -0.4 is 0 Å². The first kappa shape index (κ1) is 21.9. The molecule has 3 rings (SSSR count). The highest BCUT2D eigenvalue weighted by Gasteiger charge is 2.53. The minimum Gasteiger partial charge on any atom is -0.462 e. The predicted molar refractivity (Wildman–Crippen MR) is 114 cm³/mol. The van der Waals surface area contributed by atoms with E-state index < -0.39 is 29.7 Å². The minimum absolute atomic E-state index is 0.0951. The molecule has 0 saturated carbocycles. The normalized spacial score (nSPS) is 18.7. The molecule has 0 amide bonds. The van der Waals surface area contributed by atoms with Crippen LogP contribution in [0.5, 0.6) is 0 Å². The Bertz CT molecular complexity index is 1000. The summed E-state index contributed by atoms with van der Waals surface area (Å²) in [6, 6.07) is 15.9. The van der Waals surface area contributed by atoms with E-state index in [1.54, 1.807) is 38.1 Å². The Balaban J connectivity index is 1.98. The van der Waals surface area contributed by atoms with Crippen molar-refractivity contribution in [3.05, 3.63) is 81.5 Å². The Morgan fingerprint density at radius 1 is 1.10 bits per heavy atom. The van der Waals surface area contributed by atoms with Crippen LogP contribution in [-0.4, -0.2) is 39.9 Å². The van der Waals surface area contributed by atoms with Crippen LogP contribution in [0.2, 0.25) is 0 Å². The molecule has 1 atom stereocenters. The van der Waals surface area contributed by atoms with Crippen LogP contribution in [0.3, 0.4) is 0 Å². The van der Waals surface area contributed by atoms with Crippen molar-refractivity contribution in [2.24, 2.45) is 0 Å². The van der Waals surface area contributed by atoms with Gasteiger partial charge in [0.2, 0.25) is 11.5 Å². The van der Waals surface area contributed by atoms with Crippen LogP contribution in [0, 0.1) is 0 Å². The van der Waals surface area contributed by atoms with Gasteiger partial charge in [0.25, 0.3) is 0 Å². The standard InChI is InChI=1S/C23H22BrNO5/c1-3-30-22(28)20-15(2)25(14-16-7-5-4-6-8-16)23(29,21(20)27)13-19(26)17-9-11-18(24)12-10-17/h4-12,29H,3,13-14H2,1-2H3/t23-/m0/s1. The highest BCUT2D eigenvalue weighted by Crippen LogP contribution is 2.37. The number of carbonyl (C=O) groups is 3. The summed E-state index contributed by atoms with van der Waals surface area (Å²) < 4.78 is 5.82. The number of halogens is 1. The van der Waals surface area contributed by atoms with E-state index in [4.69, 9.17) is 4.74 Å². The molecule has 1 heterocycles. The van der Waals surface area contributed by atoms with Gasteiger partial charge in [-0.1, -0.05) is 58.4 Å². The van der Waals surface area contributed by atoms with Crippen LogP contribution in [0.1, 0.15) is 36.2 Å². The highest BCUT2D eigenvalue weighted by molar-refractivity contribution is 9.10. The van der Waals surface area contributed by atoms with Crippen LogP contribution in [0.4, 0.5) is 0 Å². The zero-order valence-corrected chi connectivity index (χ0v) is 18.3. The number of ether oxygens (including phenoxy) is 1. The molecule has 7 heteroatoms. The molecule has 0 saturated heterocycles. The molecule has 0 unspecified atom stereocenters. The molecule has 1 aliphatic rings. The van der Waals surface area contributed by atoms with Crippen molar-refractivity contribution < 1.29 is 24.2 Å². The van der Waals surface area contributed by atoms with Gasteiger partial charge in [0, 0.05) is 22.3 Å². The summed E-state index contributed by atoms with van der Waals surface area (Å²) >= 11 is 3.31. The lowest BCUT2D eigenvalue weighted by Gasteiger charge is -2.35. The molecule has 156 valence electrons. The predicted octanol–water partition coefficient (Wildman–Crippen LogP) is 3.63. The molecule has 0 spiro atoms. The van der Waals surface area contributed by atoms with Gasteiger partial charge in [0.15, 0.2) is 5.78 Å². The molecule has 1 N–H and O–H groups in total. The highest BCUT2D eigenvalue weighted by atomic mass is 79.9. The van der Waals surface area contributed by atoms with E-state index in [0.717, 1.165) is 10.0 Å². The van der Waals surface area contributed by atoms with Gasteiger partial charge in [0.1, 0.15) is 5.57 Å². The van der Waals surface area contributed by atoms with Gasteiger partial charge in [-0.15, -0.1) is 0 Å². The van der Waals surface area contributed by atoms with E-state index in [9.17, 15) is 19.5 Å². The van der Waals surface area contributed by atoms with Crippen molar-refractivity contribution in [2.75, 3.05) is 6.61 Å². The summed E-state index contributed by atoms with van der Waals surface area (Å²) in [7, 11) is 0. The lowest BCUT2D eigenvalue weighted by molar-refractivity contribution is -0.151. The van der Waals surface area contributed by atoms with E-state index in [0.29, 0.717) is 5.56 Å². The smallest absolute Gasteiger partial charge is 0.343 e. The number of Topliss-reactive ketones (excluding diaryl/α,β-unsaturated/α-hetero) is 2. The Kier molecular flexibility index (Phi) is 6.53. The third kappa shape index (κ3) is 4.22. The number of hydrogen-bond donors (Lipinski definition) is 1. The first-order valence-corrected chi connectivity index (χ1v) is 10.3. The van der Waals surface area contributed by atoms with E-state index in [1.807, 2.05) is 30.3 Å². The Hall–Kier alpha value is -2.77. The molecule has 2 aromatic carbocycles. The first-order chi connectivity index (χ1) is 14.3. The van der Waals surface area contributed by atoms with Gasteiger partial charge in [-0.05, 0) is 31.5 Å². The Labute approximate surface area is 183 Å². The summed E-state index contributed by atoms with van der Waals surface area (Å²) in [6.45, 7) is 3.47. The van der Waals surface area contributed by atoms with Crippen LogP contribution in [0.15, 0.2) is 70.3 Å². The molecule has 0 aromatic heterocycles. The fourth-order valence-electron chi connectivity index (χ4n) is 3.50. The maximum atomic E-state index is 13.2. The van der Waals surface area contributed by atoms with E-state index in [-0.39, 0.29) is 24.4 Å². The molecule has 0 radical (unpaired) electrons. The van der Waals surface area contributed by atoms with Crippen LogP contribution >= 0.6 is 15.9 Å². The summed E-state index contributed by atoms with van der Waals surface area (Å²) in [5, 5.41) is 11.4. The zero-order valence-electron chi connectivity index (χ0n) is 16.7. The first-order valence-electron chi connectivity index (χ1n) is 9.53. The summed E-state index contributed by atoms with van der Waals surface area (Å²) in [6.07, 6.45) is -0.486. The van der Waals surface area contributed by atoms with Crippen molar-refractivity contribution in [1.82, 2.24) is 4.90 Å². The van der Waals surface area contributed by atoms with Crippen LogP contribution in [0.25, 0.3) is 0 Å². The van der Waals surface area contributed by atoms with Crippen molar-refractivity contribution in [2.45, 2.75) is 32.5 Å². The molecular formula is C23H22BrNO5. The van der Waals surface area contributed by atoms with Gasteiger partial charge >= 0.3 is 5.97 Å². The third-order valence-electron chi connectivity index (χ3n) is 5.04. The van der Waals surface area contributed by atoms with Gasteiger partial charge in [-0.2, -0.15) is 0 Å². The average Bonchev–Trinajstić information content (AvgIpc) is 2.90. The molecule has 0 aliphatic carbocycles. The zero-order chi connectivity index (χ0) is 21.9. The van der Waals surface area contributed by atoms with Gasteiger partial charge in [-0.3, -0.25) is 9.59 Å². The number of esters is 1. The Morgan fingerprint density at radius 3 is 2.33 bits per heavy atom. The molecule has 1 aliphatic heterocycles. The number of ketones is 2. The fourth-order valence-corrected chi connectivity index (χ4v) is 3.76. The minimum atomic E-state index is -2.17. The van der Waals surface area contributed by atoms with E-state index in [1.165, 1.54) is 4.90 Å². The lowest BCUT2D eigenvalue weighted by Crippen LogP contribution is -2.50. The van der Waals surface area contributed by atoms with Gasteiger partial charge in [0.05, 0.1) is 13.0 Å². The summed E-state index contributed by atoms with van der Waals surface area (Å²) in [4.78, 5) is 39.9. The number of hydrogen-bond acceptors (Lipinski definition) is 6. The number of aliphatic hydroxyl groups is 1. The van der Waals surface area contributed by atoms with E-state index in [2.05, 4.69) is 15.9 Å².